The van der Waals surface area contributed by atoms with Crippen molar-refractivity contribution in [3.63, 3.8) is 0 Å². The van der Waals surface area contributed by atoms with Gasteiger partial charge in [0.05, 0.1) is 28.5 Å². The summed E-state index contributed by atoms with van der Waals surface area (Å²) in [4.78, 5) is 61.4. The molecule has 3 N–H and O–H groups in total. The largest absolute Gasteiger partial charge is 0.478 e. The van der Waals surface area contributed by atoms with Gasteiger partial charge in [0.15, 0.2) is 0 Å². The second-order valence-electron chi connectivity index (χ2n) is 12.2. The number of hydrogen-bond acceptors (Lipinski definition) is 8. The molecule has 2 amide bonds. The van der Waals surface area contributed by atoms with E-state index in [2.05, 4.69) is 15.2 Å². The predicted octanol–water partition coefficient (Wildman–Crippen LogP) is 4.13. The van der Waals surface area contributed by atoms with Crippen molar-refractivity contribution in [3.05, 3.63) is 72.9 Å². The minimum absolute atomic E-state index is 0.123. The molecule has 0 radical (unpaired) electrons. The topological polar surface area (TPSA) is 143 Å². The molecule has 4 aliphatic heterocycles. The maximum atomic E-state index is 13.8. The molecule has 11 nitrogen and oxygen atoms in total. The number of hydrogen-bond donors (Lipinski definition) is 3. The number of piperidine rings is 1. The highest BCUT2D eigenvalue weighted by Gasteiger charge is 2.43. The summed E-state index contributed by atoms with van der Waals surface area (Å²) in [6.45, 7) is 2.36. The van der Waals surface area contributed by atoms with Crippen molar-refractivity contribution in [1.82, 2.24) is 25.0 Å². The van der Waals surface area contributed by atoms with E-state index in [4.69, 9.17) is 23.2 Å². The van der Waals surface area contributed by atoms with E-state index >= 15 is 0 Å². The molecule has 2 aromatic rings. The number of aryl methyl sites for hydroxylation is 1. The summed E-state index contributed by atoms with van der Waals surface area (Å²) in [6, 6.07) is 5.62. The van der Waals surface area contributed by atoms with Crippen molar-refractivity contribution in [2.45, 2.75) is 69.0 Å². The van der Waals surface area contributed by atoms with Gasteiger partial charge >= 0.3 is 11.9 Å². The molecule has 3 fully saturated rings. The van der Waals surface area contributed by atoms with Crippen LogP contribution >= 0.6 is 34.5 Å². The highest BCUT2D eigenvalue weighted by molar-refractivity contribution is 7.09. The standard InChI is InChI=1S/C32H35Cl2N5O6S/c33-21-2-1-3-22(34)27(21)30-28(31(42)43)23(6-7-25-35-8-13-46-25)36-24(29(30)32(44)45)16-26(41)38-11-9-37(10-12-38)20-14-18-4-5-19(15-20)39(18)17-40/h1-3,8,13,17-20,30,36H,4-7,9-12,14-16H2,(H,42,43)(H,44,45). The molecule has 2 bridgehead atoms. The Morgan fingerprint density at radius 2 is 1.57 bits per heavy atom. The molecule has 3 unspecified atom stereocenters. The average Bonchev–Trinajstić information content (AvgIpc) is 3.64. The molecule has 6 rings (SSSR count). The van der Waals surface area contributed by atoms with Crippen molar-refractivity contribution in [2.75, 3.05) is 26.2 Å². The second kappa shape index (κ2) is 13.7. The first kappa shape index (κ1) is 32.5. The number of thiazole rings is 1. The number of amides is 2. The quantitative estimate of drug-likeness (QED) is 0.314. The lowest BCUT2D eigenvalue weighted by Crippen LogP contribution is -2.56. The summed E-state index contributed by atoms with van der Waals surface area (Å²) in [7, 11) is 0. The second-order valence-corrected chi connectivity index (χ2v) is 14.0. The summed E-state index contributed by atoms with van der Waals surface area (Å²) in [5.41, 5.74) is 0.135. The molecule has 3 atom stereocenters. The number of allylic oxidation sites excluding steroid dienone is 1. The van der Waals surface area contributed by atoms with Crippen LogP contribution in [0.25, 0.3) is 0 Å². The van der Waals surface area contributed by atoms with E-state index in [1.54, 1.807) is 17.2 Å². The fourth-order valence-electron chi connectivity index (χ4n) is 7.59. The Labute approximate surface area is 280 Å². The summed E-state index contributed by atoms with van der Waals surface area (Å²) in [5.74, 6) is -4.24. The number of aromatic nitrogens is 1. The average molecular weight is 689 g/mol. The van der Waals surface area contributed by atoms with Crippen molar-refractivity contribution >= 4 is 58.8 Å². The number of piperazine rings is 1. The highest BCUT2D eigenvalue weighted by Crippen LogP contribution is 2.45. The number of dihydropyridines is 1. The number of halogens is 2. The molecule has 3 saturated heterocycles. The van der Waals surface area contributed by atoms with Crippen LogP contribution in [0.4, 0.5) is 0 Å². The third kappa shape index (κ3) is 6.40. The molecular weight excluding hydrogens is 653 g/mol. The third-order valence-electron chi connectivity index (χ3n) is 9.75. The predicted molar refractivity (Wildman–Crippen MR) is 173 cm³/mol. The van der Waals surface area contributed by atoms with Gasteiger partial charge in [0.1, 0.15) is 0 Å². The van der Waals surface area contributed by atoms with Gasteiger partial charge < -0.3 is 25.3 Å². The van der Waals surface area contributed by atoms with Crippen molar-refractivity contribution < 1.29 is 29.4 Å². The van der Waals surface area contributed by atoms with Crippen molar-refractivity contribution in [1.29, 1.82) is 0 Å². The van der Waals surface area contributed by atoms with Gasteiger partial charge in [0, 0.05) is 89.3 Å². The minimum Gasteiger partial charge on any atom is -0.478 e. The number of carboxylic acids is 2. The zero-order chi connectivity index (χ0) is 32.5. The summed E-state index contributed by atoms with van der Waals surface area (Å²) >= 11 is 14.5. The molecule has 14 heteroatoms. The highest BCUT2D eigenvalue weighted by atomic mass is 35.5. The van der Waals surface area contributed by atoms with Crippen LogP contribution in [0.2, 0.25) is 10.0 Å². The number of fused-ring (bicyclic) bond motifs is 2. The van der Waals surface area contributed by atoms with Gasteiger partial charge in [0.25, 0.3) is 0 Å². The number of benzene rings is 1. The van der Waals surface area contributed by atoms with Gasteiger partial charge in [-0.25, -0.2) is 14.6 Å². The van der Waals surface area contributed by atoms with E-state index in [9.17, 15) is 29.4 Å². The van der Waals surface area contributed by atoms with Gasteiger partial charge in [-0.2, -0.15) is 0 Å². The number of aliphatic carboxylic acids is 2. The Bertz CT molecular complexity index is 1550. The number of carbonyl (C=O) groups is 4. The van der Waals surface area contributed by atoms with Gasteiger partial charge in [-0.1, -0.05) is 29.3 Å². The van der Waals surface area contributed by atoms with E-state index < -0.39 is 17.9 Å². The van der Waals surface area contributed by atoms with Crippen LogP contribution in [-0.4, -0.2) is 98.5 Å². The van der Waals surface area contributed by atoms with E-state index in [1.165, 1.54) is 23.5 Å². The van der Waals surface area contributed by atoms with Crippen LogP contribution in [0.1, 0.15) is 55.0 Å². The van der Waals surface area contributed by atoms with Gasteiger partial charge in [-0.05, 0) is 44.2 Å². The normalized spacial score (nSPS) is 25.1. The molecule has 0 aliphatic carbocycles. The first-order chi connectivity index (χ1) is 22.2. The fraction of sp³-hybridized carbons (Fsp3) is 0.469. The number of rotatable bonds is 10. The van der Waals surface area contributed by atoms with E-state index in [0.29, 0.717) is 38.6 Å². The Balaban J connectivity index is 1.25. The monoisotopic (exact) mass is 687 g/mol. The van der Waals surface area contributed by atoms with E-state index in [-0.39, 0.29) is 69.0 Å². The van der Waals surface area contributed by atoms with Crippen LogP contribution in [0, 0.1) is 0 Å². The molecule has 4 aliphatic rings. The molecule has 5 heterocycles. The van der Waals surface area contributed by atoms with E-state index in [1.807, 2.05) is 10.3 Å². The first-order valence-electron chi connectivity index (χ1n) is 15.4. The lowest BCUT2D eigenvalue weighted by atomic mass is 9.79. The summed E-state index contributed by atoms with van der Waals surface area (Å²) in [6.07, 6.45) is 6.99. The van der Waals surface area contributed by atoms with Crippen molar-refractivity contribution in [2.24, 2.45) is 0 Å². The summed E-state index contributed by atoms with van der Waals surface area (Å²) < 4.78 is 0. The number of nitrogens with zero attached hydrogens (tertiary/aromatic N) is 4. The molecule has 1 aromatic heterocycles. The first-order valence-corrected chi connectivity index (χ1v) is 17.1. The maximum absolute atomic E-state index is 13.8. The lowest BCUT2D eigenvalue weighted by Gasteiger charge is -2.45. The van der Waals surface area contributed by atoms with Crippen LogP contribution < -0.4 is 5.32 Å². The van der Waals surface area contributed by atoms with Gasteiger partial charge in [-0.15, -0.1) is 11.3 Å². The maximum Gasteiger partial charge on any atom is 0.334 e. The smallest absolute Gasteiger partial charge is 0.334 e. The number of carbonyl (C=O) groups excluding carboxylic acids is 2. The summed E-state index contributed by atoms with van der Waals surface area (Å²) in [5, 5.41) is 26.9. The molecule has 46 heavy (non-hydrogen) atoms. The van der Waals surface area contributed by atoms with Gasteiger partial charge in [-0.3, -0.25) is 14.5 Å². The minimum atomic E-state index is -1.37. The van der Waals surface area contributed by atoms with Crippen LogP contribution in [0.15, 0.2) is 52.3 Å². The van der Waals surface area contributed by atoms with Crippen LogP contribution in [0.5, 0.6) is 0 Å². The zero-order valence-electron chi connectivity index (χ0n) is 25.0. The van der Waals surface area contributed by atoms with E-state index in [0.717, 1.165) is 37.1 Å². The zero-order valence-corrected chi connectivity index (χ0v) is 27.4. The molecule has 0 spiro atoms. The lowest BCUT2D eigenvalue weighted by molar-refractivity contribution is -0.133. The Morgan fingerprint density at radius 3 is 2.13 bits per heavy atom. The fourth-order valence-corrected chi connectivity index (χ4v) is 8.83. The molecule has 0 saturated carbocycles. The third-order valence-corrected chi connectivity index (χ3v) is 11.2. The molecular formula is C32H35Cl2N5O6S. The Morgan fingerprint density at radius 1 is 0.935 bits per heavy atom. The SMILES string of the molecule is O=CN1C2CCC1CC(N1CCN(C(=O)CC3=C(C(=O)O)C(c4c(Cl)cccc4Cl)C(C(=O)O)=C(CCc4nccs4)N3)CC1)C2. The van der Waals surface area contributed by atoms with Gasteiger partial charge in [0.2, 0.25) is 12.3 Å². The van der Waals surface area contributed by atoms with Crippen LogP contribution in [-0.2, 0) is 25.6 Å². The Kier molecular flexibility index (Phi) is 9.69. The van der Waals surface area contributed by atoms with Crippen LogP contribution in [0.3, 0.4) is 0 Å². The van der Waals surface area contributed by atoms with Crippen molar-refractivity contribution in [3.8, 4) is 0 Å². The number of carboxylic acid groups (broad SMARTS) is 2. The Hall–Kier alpha value is -3.45. The number of nitrogens with one attached hydrogen (secondary N) is 1. The molecule has 244 valence electrons. The molecule has 1 aromatic carbocycles.